The zero-order valence-corrected chi connectivity index (χ0v) is 17.6. The van der Waals surface area contributed by atoms with Gasteiger partial charge in [-0.3, -0.25) is 14.4 Å². The molecule has 1 saturated carbocycles. The molecule has 9 heteroatoms. The smallest absolute Gasteiger partial charge is 0.266 e. The summed E-state index contributed by atoms with van der Waals surface area (Å²) in [5, 5.41) is 0. The molecule has 4 N–H and O–H groups in total. The Bertz CT molecular complexity index is 1300. The number of rotatable bonds is 5. The number of amides is 2. The van der Waals surface area contributed by atoms with E-state index in [1.807, 2.05) is 0 Å². The number of nitrogens with two attached hydrogens (primary N) is 2. The predicted molar refractivity (Wildman–Crippen MR) is 114 cm³/mol. The van der Waals surface area contributed by atoms with E-state index in [1.165, 1.54) is 28.8 Å². The van der Waals surface area contributed by atoms with Crippen molar-refractivity contribution in [3.05, 3.63) is 80.1 Å². The van der Waals surface area contributed by atoms with Gasteiger partial charge in [0.1, 0.15) is 22.9 Å². The van der Waals surface area contributed by atoms with Crippen LogP contribution in [0.15, 0.2) is 51.7 Å². The minimum absolute atomic E-state index is 0.0334. The van der Waals surface area contributed by atoms with Crippen molar-refractivity contribution in [1.82, 2.24) is 4.57 Å². The van der Waals surface area contributed by atoms with Crippen LogP contribution in [0, 0.1) is 11.6 Å². The lowest BCUT2D eigenvalue weighted by atomic mass is 9.95. The Morgan fingerprint density at radius 3 is 2.10 bits per heavy atom. The van der Waals surface area contributed by atoms with E-state index < -0.39 is 34.4 Å². The molecule has 1 heterocycles. The molecule has 0 aliphatic heterocycles. The molecular weight excluding hydrogens is 472 g/mol. The van der Waals surface area contributed by atoms with Gasteiger partial charge in [-0.05, 0) is 58.6 Å². The molecule has 0 unspecified atom stereocenters. The summed E-state index contributed by atoms with van der Waals surface area (Å²) >= 11 is 3.07. The highest BCUT2D eigenvalue weighted by atomic mass is 79.9. The van der Waals surface area contributed by atoms with E-state index >= 15 is 0 Å². The molecular formula is C22H16BrF2N3O3. The third kappa shape index (κ3) is 3.65. The maximum absolute atomic E-state index is 14.3. The Balaban J connectivity index is 2.19. The van der Waals surface area contributed by atoms with E-state index in [2.05, 4.69) is 15.9 Å². The summed E-state index contributed by atoms with van der Waals surface area (Å²) in [6.07, 6.45) is 1.33. The molecule has 158 valence electrons. The number of nitrogens with zero attached hydrogens (tertiary/aromatic N) is 1. The minimum atomic E-state index is -1.03. The first-order valence-electron chi connectivity index (χ1n) is 9.34. The summed E-state index contributed by atoms with van der Waals surface area (Å²) in [7, 11) is 0. The molecule has 0 atom stereocenters. The number of halogens is 3. The SMILES string of the molecule is NC(=O)c1c(-c2ccc(Br)c(F)c2)n(C2CC2)c(C(N)=O)c(-c2ccc(F)cc2)c1=O. The van der Waals surface area contributed by atoms with Gasteiger partial charge in [0.05, 0.1) is 15.7 Å². The number of carbonyl (C=O) groups is 2. The van der Waals surface area contributed by atoms with Crippen LogP contribution in [0.3, 0.4) is 0 Å². The summed E-state index contributed by atoms with van der Waals surface area (Å²) < 4.78 is 29.4. The molecule has 0 bridgehead atoms. The number of hydrogen-bond donors (Lipinski definition) is 2. The molecule has 0 spiro atoms. The second-order valence-electron chi connectivity index (χ2n) is 7.24. The van der Waals surface area contributed by atoms with Crippen molar-refractivity contribution in [3.8, 4) is 22.4 Å². The second kappa shape index (κ2) is 7.73. The van der Waals surface area contributed by atoms with Crippen molar-refractivity contribution in [3.63, 3.8) is 0 Å². The maximum Gasteiger partial charge on any atom is 0.266 e. The molecule has 1 aliphatic rings. The molecule has 1 aliphatic carbocycles. The van der Waals surface area contributed by atoms with Crippen LogP contribution in [0.1, 0.15) is 39.7 Å². The highest BCUT2D eigenvalue weighted by molar-refractivity contribution is 9.10. The van der Waals surface area contributed by atoms with Crippen molar-refractivity contribution < 1.29 is 18.4 Å². The normalized spacial score (nSPS) is 13.3. The number of hydrogen-bond acceptors (Lipinski definition) is 3. The van der Waals surface area contributed by atoms with Crippen LogP contribution in [-0.4, -0.2) is 16.4 Å². The van der Waals surface area contributed by atoms with Crippen LogP contribution in [-0.2, 0) is 0 Å². The Kier molecular flexibility index (Phi) is 5.22. The summed E-state index contributed by atoms with van der Waals surface area (Å²) in [6.45, 7) is 0. The summed E-state index contributed by atoms with van der Waals surface area (Å²) in [4.78, 5) is 38.4. The van der Waals surface area contributed by atoms with Crippen molar-refractivity contribution >= 4 is 27.7 Å². The summed E-state index contributed by atoms with van der Waals surface area (Å²) in [5.41, 5.74) is 10.2. The van der Waals surface area contributed by atoms with Crippen LogP contribution < -0.4 is 16.9 Å². The Hall–Kier alpha value is -3.33. The molecule has 31 heavy (non-hydrogen) atoms. The van der Waals surface area contributed by atoms with Crippen LogP contribution >= 0.6 is 15.9 Å². The molecule has 2 amide bonds. The zero-order valence-electron chi connectivity index (χ0n) is 16.0. The first kappa shape index (κ1) is 20.9. The van der Waals surface area contributed by atoms with Crippen molar-refractivity contribution in [1.29, 1.82) is 0 Å². The number of aromatic nitrogens is 1. The van der Waals surface area contributed by atoms with Gasteiger partial charge in [0.15, 0.2) is 0 Å². The molecule has 0 saturated heterocycles. The molecule has 6 nitrogen and oxygen atoms in total. The molecule has 2 aromatic carbocycles. The van der Waals surface area contributed by atoms with E-state index in [0.717, 1.165) is 18.2 Å². The lowest BCUT2D eigenvalue weighted by Gasteiger charge is -2.22. The van der Waals surface area contributed by atoms with Gasteiger partial charge < -0.3 is 16.0 Å². The predicted octanol–water partition coefficient (Wildman–Crippen LogP) is 3.76. The molecule has 4 rings (SSSR count). The lowest BCUT2D eigenvalue weighted by Crippen LogP contribution is -2.33. The van der Waals surface area contributed by atoms with Gasteiger partial charge >= 0.3 is 0 Å². The first-order valence-corrected chi connectivity index (χ1v) is 10.1. The Morgan fingerprint density at radius 1 is 0.968 bits per heavy atom. The number of benzene rings is 2. The van der Waals surface area contributed by atoms with Gasteiger partial charge in [0.25, 0.3) is 11.8 Å². The van der Waals surface area contributed by atoms with E-state index in [9.17, 15) is 23.2 Å². The third-order valence-corrected chi connectivity index (χ3v) is 5.77. The van der Waals surface area contributed by atoms with Crippen molar-refractivity contribution in [2.24, 2.45) is 11.5 Å². The Labute approximate surface area is 183 Å². The van der Waals surface area contributed by atoms with Gasteiger partial charge in [-0.1, -0.05) is 18.2 Å². The molecule has 0 radical (unpaired) electrons. The zero-order chi connectivity index (χ0) is 22.4. The molecule has 3 aromatic rings. The van der Waals surface area contributed by atoms with Gasteiger partial charge in [-0.25, -0.2) is 8.78 Å². The fourth-order valence-electron chi connectivity index (χ4n) is 3.67. The van der Waals surface area contributed by atoms with Crippen LogP contribution in [0.2, 0.25) is 0 Å². The number of carbonyl (C=O) groups excluding carboxylic acids is 2. The topological polar surface area (TPSA) is 108 Å². The van der Waals surface area contributed by atoms with Gasteiger partial charge in [0.2, 0.25) is 5.43 Å². The average Bonchev–Trinajstić information content (AvgIpc) is 3.54. The second-order valence-corrected chi connectivity index (χ2v) is 8.10. The standard InChI is InChI=1S/C22H16BrF2N3O3/c23-14-8-3-11(9-15(14)25)18-17(21(26)30)20(29)16(10-1-4-12(24)5-2-10)19(22(27)31)28(18)13-6-7-13/h1-5,8-9,13H,6-7H2,(H2,26,30)(H2,27,31). The molecule has 1 aromatic heterocycles. The Morgan fingerprint density at radius 2 is 1.58 bits per heavy atom. The quantitative estimate of drug-likeness (QED) is 0.571. The first-order chi connectivity index (χ1) is 14.7. The van der Waals surface area contributed by atoms with Crippen LogP contribution in [0.5, 0.6) is 0 Å². The van der Waals surface area contributed by atoms with Gasteiger partial charge in [-0.2, -0.15) is 0 Å². The van der Waals surface area contributed by atoms with Crippen molar-refractivity contribution in [2.45, 2.75) is 18.9 Å². The minimum Gasteiger partial charge on any atom is -0.365 e. The van der Waals surface area contributed by atoms with Gasteiger partial charge in [-0.15, -0.1) is 0 Å². The highest BCUT2D eigenvalue weighted by Crippen LogP contribution is 2.42. The largest absolute Gasteiger partial charge is 0.365 e. The average molecular weight is 488 g/mol. The lowest BCUT2D eigenvalue weighted by molar-refractivity contribution is 0.0980. The van der Waals surface area contributed by atoms with E-state index in [1.54, 1.807) is 0 Å². The van der Waals surface area contributed by atoms with E-state index in [4.69, 9.17) is 11.5 Å². The van der Waals surface area contributed by atoms with Crippen molar-refractivity contribution in [2.75, 3.05) is 0 Å². The fourth-order valence-corrected chi connectivity index (χ4v) is 3.92. The van der Waals surface area contributed by atoms with Crippen LogP contribution in [0.25, 0.3) is 22.4 Å². The summed E-state index contributed by atoms with van der Waals surface area (Å²) in [5.74, 6) is -3.09. The monoisotopic (exact) mass is 487 g/mol. The third-order valence-electron chi connectivity index (χ3n) is 5.13. The van der Waals surface area contributed by atoms with E-state index in [0.29, 0.717) is 12.8 Å². The highest BCUT2D eigenvalue weighted by Gasteiger charge is 2.35. The van der Waals surface area contributed by atoms with E-state index in [-0.39, 0.29) is 38.6 Å². The van der Waals surface area contributed by atoms with Gasteiger partial charge in [0, 0.05) is 11.6 Å². The summed E-state index contributed by atoms with van der Waals surface area (Å²) in [6, 6.07) is 8.74. The molecule has 1 fully saturated rings. The maximum atomic E-state index is 14.3. The fraction of sp³-hybridized carbons (Fsp3) is 0.136. The number of primary amides is 2. The number of pyridine rings is 1. The van der Waals surface area contributed by atoms with Crippen LogP contribution in [0.4, 0.5) is 8.78 Å².